The molecule has 0 unspecified atom stereocenters. The molecule has 3 aromatic carbocycles. The minimum atomic E-state index is -0.761. The van der Waals surface area contributed by atoms with Gasteiger partial charge in [-0.05, 0) is 19.9 Å². The van der Waals surface area contributed by atoms with Gasteiger partial charge < -0.3 is 10.0 Å². The predicted octanol–water partition coefficient (Wildman–Crippen LogP) is 5.62. The first-order chi connectivity index (χ1) is 14.4. The number of anilines is 1. The summed E-state index contributed by atoms with van der Waals surface area (Å²) in [6, 6.07) is 12.0. The van der Waals surface area contributed by atoms with Crippen LogP contribution in [0, 0.1) is 20.2 Å². The second kappa shape index (κ2) is 8.52. The number of hydrogen-bond donors (Lipinski definition) is 1. The molecule has 10 nitrogen and oxygen atoms in total. The molecule has 0 saturated carbocycles. The molecule has 10 heteroatoms. The third-order valence-corrected chi connectivity index (χ3v) is 4.70. The maximum atomic E-state index is 11.3. The molecule has 0 fully saturated rings. The molecular weight excluding hydrogens is 390 g/mol. The minimum Gasteiger partial charge on any atom is -0.506 e. The summed E-state index contributed by atoms with van der Waals surface area (Å²) in [5, 5.41) is 42.2. The maximum Gasteiger partial charge on any atom is 0.303 e. The van der Waals surface area contributed by atoms with E-state index in [0.29, 0.717) is 5.39 Å². The third kappa shape index (κ3) is 3.88. The first kappa shape index (κ1) is 20.6. The number of nitro benzene ring substituents is 2. The minimum absolute atomic E-state index is 0.121. The smallest absolute Gasteiger partial charge is 0.303 e. The number of azo groups is 1. The van der Waals surface area contributed by atoms with Gasteiger partial charge in [-0.25, -0.2) is 0 Å². The Bertz CT molecular complexity index is 1160. The first-order valence-electron chi connectivity index (χ1n) is 9.21. The highest BCUT2D eigenvalue weighted by Gasteiger charge is 2.20. The van der Waals surface area contributed by atoms with Crippen LogP contribution in [0.25, 0.3) is 10.8 Å². The number of nitrogens with zero attached hydrogens (tertiary/aromatic N) is 5. The molecule has 30 heavy (non-hydrogen) atoms. The fourth-order valence-electron chi connectivity index (χ4n) is 3.22. The molecule has 0 bridgehead atoms. The molecule has 0 aromatic heterocycles. The van der Waals surface area contributed by atoms with Crippen LogP contribution in [0.5, 0.6) is 5.75 Å². The van der Waals surface area contributed by atoms with E-state index in [4.69, 9.17) is 0 Å². The predicted molar refractivity (Wildman–Crippen MR) is 113 cm³/mol. The summed E-state index contributed by atoms with van der Waals surface area (Å²) in [4.78, 5) is 22.8. The van der Waals surface area contributed by atoms with Crippen molar-refractivity contribution < 1.29 is 15.0 Å². The van der Waals surface area contributed by atoms with Gasteiger partial charge in [0.1, 0.15) is 11.4 Å². The molecular formula is C20H19N5O5. The molecule has 1 N–H and O–H groups in total. The average Bonchev–Trinajstić information content (AvgIpc) is 2.74. The van der Waals surface area contributed by atoms with E-state index in [9.17, 15) is 25.3 Å². The van der Waals surface area contributed by atoms with E-state index < -0.39 is 21.2 Å². The van der Waals surface area contributed by atoms with Crippen molar-refractivity contribution in [2.45, 2.75) is 13.8 Å². The molecule has 3 aromatic rings. The van der Waals surface area contributed by atoms with Gasteiger partial charge in [0.25, 0.3) is 5.69 Å². The zero-order valence-electron chi connectivity index (χ0n) is 16.3. The Hall–Kier alpha value is -4.08. The third-order valence-electron chi connectivity index (χ3n) is 4.70. The molecule has 0 aliphatic heterocycles. The summed E-state index contributed by atoms with van der Waals surface area (Å²) < 4.78 is 0. The standard InChI is InChI=1S/C20H19N5O5/c1-3-23(4-2)17-12-19(26)20(15-8-6-5-7-14(15)17)22-21-16-10-9-13(24(27)28)11-18(16)25(29)30/h5-12,26H,3-4H2,1-2H3. The van der Waals surface area contributed by atoms with Crippen molar-refractivity contribution in [2.75, 3.05) is 18.0 Å². The van der Waals surface area contributed by atoms with E-state index in [1.54, 1.807) is 18.2 Å². The highest BCUT2D eigenvalue weighted by atomic mass is 16.6. The van der Waals surface area contributed by atoms with Crippen LogP contribution in [0.2, 0.25) is 0 Å². The van der Waals surface area contributed by atoms with Gasteiger partial charge in [-0.2, -0.15) is 0 Å². The van der Waals surface area contributed by atoms with Gasteiger partial charge in [-0.3, -0.25) is 20.2 Å². The Morgan fingerprint density at radius 1 is 0.933 bits per heavy atom. The lowest BCUT2D eigenvalue weighted by Gasteiger charge is -2.23. The number of hydrogen-bond acceptors (Lipinski definition) is 8. The highest BCUT2D eigenvalue weighted by molar-refractivity contribution is 6.03. The second-order valence-electron chi connectivity index (χ2n) is 6.37. The van der Waals surface area contributed by atoms with Crippen molar-refractivity contribution in [3.63, 3.8) is 0 Å². The number of rotatable bonds is 7. The topological polar surface area (TPSA) is 134 Å². The summed E-state index contributed by atoms with van der Waals surface area (Å²) in [7, 11) is 0. The molecule has 0 saturated heterocycles. The fraction of sp³-hybridized carbons (Fsp3) is 0.200. The highest BCUT2D eigenvalue weighted by Crippen LogP contribution is 2.42. The normalized spacial score (nSPS) is 11.1. The maximum absolute atomic E-state index is 11.3. The molecule has 0 aliphatic carbocycles. The van der Waals surface area contributed by atoms with E-state index in [2.05, 4.69) is 15.1 Å². The quantitative estimate of drug-likeness (QED) is 0.305. The number of fused-ring (bicyclic) bond motifs is 1. The van der Waals surface area contributed by atoms with E-state index in [0.717, 1.165) is 42.4 Å². The van der Waals surface area contributed by atoms with Crippen LogP contribution < -0.4 is 4.90 Å². The largest absolute Gasteiger partial charge is 0.506 e. The zero-order valence-corrected chi connectivity index (χ0v) is 16.3. The molecule has 0 atom stereocenters. The lowest BCUT2D eigenvalue weighted by molar-refractivity contribution is -0.393. The first-order valence-corrected chi connectivity index (χ1v) is 9.21. The number of aromatic hydroxyl groups is 1. The van der Waals surface area contributed by atoms with E-state index in [-0.39, 0.29) is 17.1 Å². The second-order valence-corrected chi connectivity index (χ2v) is 6.37. The summed E-state index contributed by atoms with van der Waals surface area (Å²) in [5.41, 5.74) is -0.113. The lowest BCUT2D eigenvalue weighted by atomic mass is 10.1. The number of phenolic OH excluding ortho intramolecular Hbond substituents is 1. The van der Waals surface area contributed by atoms with Crippen molar-refractivity contribution in [1.29, 1.82) is 0 Å². The van der Waals surface area contributed by atoms with Gasteiger partial charge in [-0.1, -0.05) is 24.3 Å². The molecule has 0 amide bonds. The van der Waals surface area contributed by atoms with E-state index in [1.165, 1.54) is 0 Å². The molecule has 3 rings (SSSR count). The summed E-state index contributed by atoms with van der Waals surface area (Å²) in [6.07, 6.45) is 0. The van der Waals surface area contributed by atoms with E-state index in [1.807, 2.05) is 26.0 Å². The van der Waals surface area contributed by atoms with Crippen LogP contribution in [0.4, 0.5) is 28.4 Å². The summed E-state index contributed by atoms with van der Waals surface area (Å²) in [6.45, 7) is 5.51. The van der Waals surface area contributed by atoms with Gasteiger partial charge in [-0.15, -0.1) is 10.2 Å². The van der Waals surface area contributed by atoms with Crippen LogP contribution in [-0.4, -0.2) is 28.0 Å². The Balaban J connectivity index is 2.14. The van der Waals surface area contributed by atoms with Crippen molar-refractivity contribution in [2.24, 2.45) is 10.2 Å². The Labute approximate surface area is 171 Å². The average molecular weight is 409 g/mol. The fourth-order valence-corrected chi connectivity index (χ4v) is 3.22. The Morgan fingerprint density at radius 3 is 2.20 bits per heavy atom. The lowest BCUT2D eigenvalue weighted by Crippen LogP contribution is -2.21. The molecule has 0 spiro atoms. The van der Waals surface area contributed by atoms with Crippen LogP contribution >= 0.6 is 0 Å². The van der Waals surface area contributed by atoms with Gasteiger partial charge in [0, 0.05) is 41.7 Å². The van der Waals surface area contributed by atoms with Crippen LogP contribution in [0.15, 0.2) is 58.8 Å². The summed E-state index contributed by atoms with van der Waals surface area (Å²) in [5.74, 6) is -0.121. The van der Waals surface area contributed by atoms with Crippen molar-refractivity contribution in [1.82, 2.24) is 0 Å². The summed E-state index contributed by atoms with van der Waals surface area (Å²) >= 11 is 0. The monoisotopic (exact) mass is 409 g/mol. The van der Waals surface area contributed by atoms with Crippen LogP contribution in [-0.2, 0) is 0 Å². The van der Waals surface area contributed by atoms with E-state index >= 15 is 0 Å². The number of nitro groups is 2. The zero-order chi connectivity index (χ0) is 21.8. The molecule has 0 radical (unpaired) electrons. The van der Waals surface area contributed by atoms with Crippen molar-refractivity contribution in [3.05, 3.63) is 68.8 Å². The van der Waals surface area contributed by atoms with Crippen LogP contribution in [0.3, 0.4) is 0 Å². The number of phenols is 1. The molecule has 0 aliphatic rings. The number of non-ortho nitro benzene ring substituents is 1. The van der Waals surface area contributed by atoms with Gasteiger partial charge >= 0.3 is 5.69 Å². The molecule has 154 valence electrons. The Kier molecular flexibility index (Phi) is 5.86. The van der Waals surface area contributed by atoms with Crippen molar-refractivity contribution >= 4 is 39.2 Å². The van der Waals surface area contributed by atoms with Crippen molar-refractivity contribution in [3.8, 4) is 5.75 Å². The molecule has 0 heterocycles. The Morgan fingerprint density at radius 2 is 1.60 bits per heavy atom. The van der Waals surface area contributed by atoms with Crippen LogP contribution in [0.1, 0.15) is 13.8 Å². The van der Waals surface area contributed by atoms with Gasteiger partial charge in [0.15, 0.2) is 5.69 Å². The number of benzene rings is 3. The SMILES string of the molecule is CCN(CC)c1cc(O)c(N=Nc2ccc([N+](=O)[O-])cc2[N+](=O)[O-])c2ccccc12. The van der Waals surface area contributed by atoms with Gasteiger partial charge in [0.05, 0.1) is 15.9 Å². The van der Waals surface area contributed by atoms with Gasteiger partial charge in [0.2, 0.25) is 0 Å².